The van der Waals surface area contributed by atoms with Gasteiger partial charge < -0.3 is 28.8 Å². The van der Waals surface area contributed by atoms with Gasteiger partial charge >= 0.3 is 11.9 Å². The Kier molecular flexibility index (Phi) is 5.93. The van der Waals surface area contributed by atoms with Crippen LogP contribution >= 0.6 is 0 Å². The van der Waals surface area contributed by atoms with Crippen LogP contribution in [0.1, 0.15) is 35.9 Å². The van der Waals surface area contributed by atoms with Crippen LogP contribution in [0.15, 0.2) is 30.3 Å². The van der Waals surface area contributed by atoms with Gasteiger partial charge in [0, 0.05) is 26.0 Å². The van der Waals surface area contributed by atoms with E-state index in [2.05, 4.69) is 0 Å². The van der Waals surface area contributed by atoms with Gasteiger partial charge in [0.05, 0.1) is 14.2 Å². The second-order valence-electron chi connectivity index (χ2n) is 6.44. The maximum atomic E-state index is 12.8. The average Bonchev–Trinajstić information content (AvgIpc) is 2.70. The molecule has 0 spiro atoms. The maximum Gasteiger partial charge on any atom is 0.308 e. The van der Waals surface area contributed by atoms with Gasteiger partial charge in [-0.2, -0.15) is 0 Å². The fourth-order valence-corrected chi connectivity index (χ4v) is 3.09. The number of hydrogen-bond donors (Lipinski definition) is 1. The number of Topliss-reactive ketones (excluding diaryl/α,β-unsaturated/α-hetero) is 1. The number of benzene rings is 2. The van der Waals surface area contributed by atoms with Crippen LogP contribution in [0.25, 0.3) is 0 Å². The molecule has 0 aliphatic carbocycles. The minimum absolute atomic E-state index is 0.0156. The predicted molar refractivity (Wildman–Crippen MR) is 102 cm³/mol. The second kappa shape index (κ2) is 8.42. The number of aliphatic hydroxyl groups is 1. The number of ketones is 1. The monoisotopic (exact) mass is 416 g/mol. The first-order valence-corrected chi connectivity index (χ1v) is 8.91. The van der Waals surface area contributed by atoms with Gasteiger partial charge in [0.25, 0.3) is 0 Å². The smallest absolute Gasteiger partial charge is 0.308 e. The molecular formula is C21H20O9. The Morgan fingerprint density at radius 3 is 2.20 bits per heavy atom. The molecular weight excluding hydrogens is 396 g/mol. The molecule has 0 amide bonds. The first-order valence-electron chi connectivity index (χ1n) is 8.91. The number of hydrogen-bond acceptors (Lipinski definition) is 9. The summed E-state index contributed by atoms with van der Waals surface area (Å²) in [5, 5.41) is 10.6. The van der Waals surface area contributed by atoms with Crippen molar-refractivity contribution in [3.8, 4) is 28.7 Å². The molecule has 0 bridgehead atoms. The highest BCUT2D eigenvalue weighted by molar-refractivity contribution is 6.05. The van der Waals surface area contributed by atoms with Crippen molar-refractivity contribution in [3.05, 3.63) is 41.5 Å². The minimum atomic E-state index is -1.55. The topological polar surface area (TPSA) is 118 Å². The van der Waals surface area contributed by atoms with Gasteiger partial charge in [0.1, 0.15) is 22.8 Å². The van der Waals surface area contributed by atoms with E-state index in [0.717, 1.165) is 0 Å². The molecule has 1 aliphatic rings. The SMILES string of the molecule is COc1cc(OC)c2c(c1)O[C@H](c1ccc(OC(C)=O)c(OC(C)=O)c1)[C@@H](O)C2=O. The van der Waals surface area contributed by atoms with Crippen LogP contribution in [0.3, 0.4) is 0 Å². The number of esters is 2. The Bertz CT molecular complexity index is 1010. The van der Waals surface area contributed by atoms with E-state index in [1.165, 1.54) is 58.4 Å². The zero-order chi connectivity index (χ0) is 22.0. The lowest BCUT2D eigenvalue weighted by molar-refractivity contribution is -0.134. The third kappa shape index (κ3) is 4.06. The fourth-order valence-electron chi connectivity index (χ4n) is 3.09. The van der Waals surface area contributed by atoms with Gasteiger partial charge in [-0.3, -0.25) is 14.4 Å². The molecule has 0 saturated carbocycles. The molecule has 2 aromatic rings. The highest BCUT2D eigenvalue weighted by Gasteiger charge is 2.39. The summed E-state index contributed by atoms with van der Waals surface area (Å²) >= 11 is 0. The van der Waals surface area contributed by atoms with E-state index in [1.807, 2.05) is 0 Å². The van der Waals surface area contributed by atoms with Crippen molar-refractivity contribution in [1.29, 1.82) is 0 Å². The number of ether oxygens (including phenoxy) is 5. The number of fused-ring (bicyclic) bond motifs is 1. The highest BCUT2D eigenvalue weighted by Crippen LogP contribution is 2.43. The van der Waals surface area contributed by atoms with Crippen molar-refractivity contribution in [2.45, 2.75) is 26.1 Å². The molecule has 0 radical (unpaired) electrons. The lowest BCUT2D eigenvalue weighted by Crippen LogP contribution is -2.36. The Morgan fingerprint density at radius 1 is 0.933 bits per heavy atom. The van der Waals surface area contributed by atoms with Crippen LogP contribution in [0, 0.1) is 0 Å². The molecule has 2 atom stereocenters. The summed E-state index contributed by atoms with van der Waals surface area (Å²) in [5.74, 6) is -1.09. The summed E-state index contributed by atoms with van der Waals surface area (Å²) in [5.41, 5.74) is 0.425. The van der Waals surface area contributed by atoms with Crippen LogP contribution < -0.4 is 23.7 Å². The van der Waals surface area contributed by atoms with E-state index in [-0.39, 0.29) is 28.6 Å². The Labute approximate surface area is 172 Å². The predicted octanol–water partition coefficient (Wildman–Crippen LogP) is 2.23. The Hall–Kier alpha value is -3.59. The third-order valence-electron chi connectivity index (χ3n) is 4.35. The number of methoxy groups -OCH3 is 2. The third-order valence-corrected chi connectivity index (χ3v) is 4.35. The lowest BCUT2D eigenvalue weighted by Gasteiger charge is -2.31. The molecule has 9 heteroatoms. The first kappa shape index (κ1) is 21.1. The zero-order valence-corrected chi connectivity index (χ0v) is 16.8. The van der Waals surface area contributed by atoms with Crippen molar-refractivity contribution in [1.82, 2.24) is 0 Å². The number of carbonyl (C=O) groups is 3. The fraction of sp³-hybridized carbons (Fsp3) is 0.286. The molecule has 2 aromatic carbocycles. The maximum absolute atomic E-state index is 12.8. The normalized spacial score (nSPS) is 17.4. The Morgan fingerprint density at radius 2 is 1.60 bits per heavy atom. The van der Waals surface area contributed by atoms with Gasteiger partial charge in [-0.1, -0.05) is 6.07 Å². The zero-order valence-electron chi connectivity index (χ0n) is 16.8. The summed E-state index contributed by atoms with van der Waals surface area (Å²) in [7, 11) is 2.84. The van der Waals surface area contributed by atoms with Crippen LogP contribution in [0.5, 0.6) is 28.7 Å². The molecule has 30 heavy (non-hydrogen) atoms. The number of aliphatic hydroxyl groups excluding tert-OH is 1. The molecule has 0 aromatic heterocycles. The van der Waals surface area contributed by atoms with Crippen molar-refractivity contribution >= 4 is 17.7 Å². The van der Waals surface area contributed by atoms with E-state index in [0.29, 0.717) is 11.3 Å². The summed E-state index contributed by atoms with van der Waals surface area (Å²) < 4.78 is 26.5. The largest absolute Gasteiger partial charge is 0.496 e. The van der Waals surface area contributed by atoms with Crippen molar-refractivity contribution in [2.75, 3.05) is 14.2 Å². The first-order chi connectivity index (χ1) is 14.2. The summed E-state index contributed by atoms with van der Waals surface area (Å²) in [4.78, 5) is 35.6. The summed E-state index contributed by atoms with van der Waals surface area (Å²) in [6, 6.07) is 7.27. The van der Waals surface area contributed by atoms with Crippen molar-refractivity contribution in [3.63, 3.8) is 0 Å². The van der Waals surface area contributed by atoms with Crippen molar-refractivity contribution < 1.29 is 43.2 Å². The molecule has 158 valence electrons. The van der Waals surface area contributed by atoms with Gasteiger partial charge in [-0.25, -0.2) is 0 Å². The minimum Gasteiger partial charge on any atom is -0.496 e. The average molecular weight is 416 g/mol. The molecule has 0 fully saturated rings. The molecule has 1 N–H and O–H groups in total. The summed E-state index contributed by atoms with van der Waals surface area (Å²) in [6.45, 7) is 2.39. The van der Waals surface area contributed by atoms with Crippen LogP contribution in [-0.2, 0) is 9.59 Å². The van der Waals surface area contributed by atoms with Crippen LogP contribution in [0.4, 0.5) is 0 Å². The van der Waals surface area contributed by atoms with Crippen molar-refractivity contribution in [2.24, 2.45) is 0 Å². The van der Waals surface area contributed by atoms with E-state index in [9.17, 15) is 19.5 Å². The Balaban J connectivity index is 2.05. The van der Waals surface area contributed by atoms with E-state index in [4.69, 9.17) is 23.7 Å². The molecule has 0 saturated heterocycles. The quantitative estimate of drug-likeness (QED) is 0.578. The van der Waals surface area contributed by atoms with E-state index >= 15 is 0 Å². The standard InChI is InChI=1S/C21H20O9/c1-10(22)28-14-6-5-12(7-15(14)29-11(2)23)21-20(25)19(24)18-16(27-4)8-13(26-3)9-17(18)30-21/h5-9,20-21,25H,1-4H3/t20-,21+/m0/s1. The van der Waals surface area contributed by atoms with E-state index in [1.54, 1.807) is 0 Å². The van der Waals surface area contributed by atoms with Gasteiger partial charge in [0.2, 0.25) is 5.78 Å². The molecule has 1 heterocycles. The molecule has 1 aliphatic heterocycles. The second-order valence-corrected chi connectivity index (χ2v) is 6.44. The van der Waals surface area contributed by atoms with Crippen LogP contribution in [0.2, 0.25) is 0 Å². The number of rotatable bonds is 5. The van der Waals surface area contributed by atoms with Crippen LogP contribution in [-0.4, -0.2) is 43.2 Å². The molecule has 3 rings (SSSR count). The molecule has 9 nitrogen and oxygen atoms in total. The van der Waals surface area contributed by atoms with E-state index < -0.39 is 29.9 Å². The number of carbonyl (C=O) groups excluding carboxylic acids is 3. The molecule has 0 unspecified atom stereocenters. The highest BCUT2D eigenvalue weighted by atomic mass is 16.6. The lowest BCUT2D eigenvalue weighted by atomic mass is 9.92. The van der Waals surface area contributed by atoms with Gasteiger partial charge in [-0.05, 0) is 17.7 Å². The van der Waals surface area contributed by atoms with Gasteiger partial charge in [0.15, 0.2) is 23.7 Å². The summed E-state index contributed by atoms with van der Waals surface area (Å²) in [6.07, 6.45) is -2.66. The van der Waals surface area contributed by atoms with Gasteiger partial charge in [-0.15, -0.1) is 0 Å².